The quantitative estimate of drug-likeness (QED) is 0.793. The van der Waals surface area contributed by atoms with Crippen LogP contribution in [0.3, 0.4) is 0 Å². The lowest BCUT2D eigenvalue weighted by molar-refractivity contribution is 0.131. The van der Waals surface area contributed by atoms with E-state index in [9.17, 15) is 0 Å². The highest BCUT2D eigenvalue weighted by Crippen LogP contribution is 2.49. The summed E-state index contributed by atoms with van der Waals surface area (Å²) in [6.07, 6.45) is 10.5. The van der Waals surface area contributed by atoms with Gasteiger partial charge in [-0.05, 0) is 74.9 Å². The van der Waals surface area contributed by atoms with Gasteiger partial charge < -0.3 is 14.5 Å². The third kappa shape index (κ3) is 3.28. The van der Waals surface area contributed by atoms with E-state index in [2.05, 4.69) is 45.1 Å². The summed E-state index contributed by atoms with van der Waals surface area (Å²) in [5.74, 6) is 1.71. The molecule has 1 aromatic heterocycles. The first-order valence-electron chi connectivity index (χ1n) is 10.8. The molecule has 1 aliphatic carbocycles. The smallest absolute Gasteiger partial charge is 0.122 e. The van der Waals surface area contributed by atoms with Crippen molar-refractivity contribution >= 4 is 5.69 Å². The van der Waals surface area contributed by atoms with Crippen LogP contribution >= 0.6 is 0 Å². The van der Waals surface area contributed by atoms with Gasteiger partial charge in [0.2, 0.25) is 0 Å². The van der Waals surface area contributed by atoms with Crippen molar-refractivity contribution in [3.05, 3.63) is 54.4 Å². The summed E-state index contributed by atoms with van der Waals surface area (Å²) in [7, 11) is 1.79. The highest BCUT2D eigenvalue weighted by atomic mass is 16.5. The Balaban J connectivity index is 1.15. The molecule has 1 spiro atoms. The summed E-state index contributed by atoms with van der Waals surface area (Å²) in [5.41, 5.74) is 3.24. The third-order valence-electron chi connectivity index (χ3n) is 7.36. The predicted molar refractivity (Wildman–Crippen MR) is 113 cm³/mol. The van der Waals surface area contributed by atoms with E-state index in [4.69, 9.17) is 4.74 Å². The zero-order chi connectivity index (χ0) is 19.0. The van der Waals surface area contributed by atoms with Gasteiger partial charge in [0, 0.05) is 30.7 Å². The fourth-order valence-electron chi connectivity index (χ4n) is 5.84. The van der Waals surface area contributed by atoms with E-state index in [1.807, 2.05) is 18.5 Å². The van der Waals surface area contributed by atoms with Crippen LogP contribution in [-0.2, 0) is 0 Å². The van der Waals surface area contributed by atoms with Crippen molar-refractivity contribution < 1.29 is 4.74 Å². The monoisotopic (exact) mass is 377 g/mol. The maximum atomic E-state index is 5.60. The summed E-state index contributed by atoms with van der Waals surface area (Å²) in [4.78, 5) is 9.56. The van der Waals surface area contributed by atoms with E-state index < -0.39 is 0 Å². The van der Waals surface area contributed by atoms with Gasteiger partial charge >= 0.3 is 0 Å². The number of hydrogen-bond donors (Lipinski definition) is 0. The SMILES string of the molecule is COc1ccccc1C1CCN(C2CCC3(C2)CN(c2cccnc2)C3)CC1. The topological polar surface area (TPSA) is 28.6 Å². The van der Waals surface area contributed by atoms with Gasteiger partial charge in [0.1, 0.15) is 5.75 Å². The molecule has 4 nitrogen and oxygen atoms in total. The molecule has 0 radical (unpaired) electrons. The fraction of sp³-hybridized carbons (Fsp3) is 0.542. The normalized spacial score (nSPS) is 25.0. The van der Waals surface area contributed by atoms with Crippen molar-refractivity contribution in [2.24, 2.45) is 5.41 Å². The van der Waals surface area contributed by atoms with Crippen molar-refractivity contribution in [3.63, 3.8) is 0 Å². The molecule has 1 saturated carbocycles. The lowest BCUT2D eigenvalue weighted by Crippen LogP contribution is -2.56. The highest BCUT2D eigenvalue weighted by molar-refractivity contribution is 5.48. The molecule has 2 aliphatic heterocycles. The van der Waals surface area contributed by atoms with Crippen LogP contribution in [0.25, 0.3) is 0 Å². The number of para-hydroxylation sites is 1. The largest absolute Gasteiger partial charge is 0.496 e. The molecule has 0 bridgehead atoms. The van der Waals surface area contributed by atoms with Crippen LogP contribution < -0.4 is 9.64 Å². The van der Waals surface area contributed by atoms with Gasteiger partial charge in [-0.3, -0.25) is 4.98 Å². The molecule has 1 atom stereocenters. The maximum absolute atomic E-state index is 5.60. The van der Waals surface area contributed by atoms with Gasteiger partial charge in [-0.15, -0.1) is 0 Å². The Bertz CT molecular complexity index is 795. The number of anilines is 1. The van der Waals surface area contributed by atoms with E-state index in [-0.39, 0.29) is 0 Å². The first-order valence-corrected chi connectivity index (χ1v) is 10.8. The lowest BCUT2D eigenvalue weighted by atomic mass is 9.77. The molecule has 3 heterocycles. The van der Waals surface area contributed by atoms with Crippen LogP contribution in [-0.4, -0.2) is 49.2 Å². The molecule has 1 unspecified atom stereocenters. The third-order valence-corrected chi connectivity index (χ3v) is 7.36. The van der Waals surface area contributed by atoms with E-state index in [0.717, 1.165) is 11.8 Å². The van der Waals surface area contributed by atoms with Crippen molar-refractivity contribution in [2.45, 2.75) is 44.1 Å². The molecule has 4 heteroatoms. The van der Waals surface area contributed by atoms with Crippen LogP contribution in [0.4, 0.5) is 5.69 Å². The Hall–Kier alpha value is -2.07. The average molecular weight is 378 g/mol. The number of piperidine rings is 1. The van der Waals surface area contributed by atoms with Gasteiger partial charge in [0.05, 0.1) is 19.0 Å². The number of likely N-dealkylation sites (tertiary alicyclic amines) is 1. The Morgan fingerprint density at radius 1 is 1.04 bits per heavy atom. The predicted octanol–water partition coefficient (Wildman–Crippen LogP) is 4.33. The molecule has 28 heavy (non-hydrogen) atoms. The minimum absolute atomic E-state index is 0.556. The molecule has 148 valence electrons. The van der Waals surface area contributed by atoms with Crippen LogP contribution in [0.2, 0.25) is 0 Å². The summed E-state index contributed by atoms with van der Waals surface area (Å²) in [6, 6.07) is 13.6. The zero-order valence-corrected chi connectivity index (χ0v) is 16.9. The molecule has 5 rings (SSSR count). The van der Waals surface area contributed by atoms with Crippen molar-refractivity contribution in [1.29, 1.82) is 0 Å². The van der Waals surface area contributed by atoms with Gasteiger partial charge in [0.25, 0.3) is 0 Å². The second-order valence-electron chi connectivity index (χ2n) is 9.02. The summed E-state index contributed by atoms with van der Waals surface area (Å²) >= 11 is 0. The molecule has 3 fully saturated rings. The fourth-order valence-corrected chi connectivity index (χ4v) is 5.84. The van der Waals surface area contributed by atoms with Crippen molar-refractivity contribution in [3.8, 4) is 5.75 Å². The number of aromatic nitrogens is 1. The Kier molecular flexibility index (Phi) is 4.75. The van der Waals surface area contributed by atoms with Gasteiger partial charge in [-0.2, -0.15) is 0 Å². The molecule has 2 aromatic rings. The Morgan fingerprint density at radius 3 is 2.61 bits per heavy atom. The first kappa shape index (κ1) is 18.0. The lowest BCUT2D eigenvalue weighted by Gasteiger charge is -2.50. The standard InChI is InChI=1S/C24H31N3O/c1-28-23-7-3-2-6-22(23)19-9-13-26(14-10-19)20-8-11-24(15-20)17-27(18-24)21-5-4-12-25-16-21/h2-7,12,16,19-20H,8-11,13-15,17-18H2,1H3. The zero-order valence-electron chi connectivity index (χ0n) is 16.9. The van der Waals surface area contributed by atoms with E-state index in [0.29, 0.717) is 11.3 Å². The highest BCUT2D eigenvalue weighted by Gasteiger charge is 2.49. The minimum atomic E-state index is 0.556. The number of methoxy groups -OCH3 is 1. The van der Waals surface area contributed by atoms with E-state index in [1.165, 1.54) is 69.5 Å². The molecular formula is C24H31N3O. The second kappa shape index (κ2) is 7.40. The molecular weight excluding hydrogens is 346 g/mol. The van der Waals surface area contributed by atoms with E-state index in [1.54, 1.807) is 7.11 Å². The van der Waals surface area contributed by atoms with Crippen LogP contribution in [0.5, 0.6) is 5.75 Å². The molecule has 0 amide bonds. The molecule has 2 saturated heterocycles. The molecule has 1 aromatic carbocycles. The number of ether oxygens (including phenoxy) is 1. The Labute approximate surface area is 168 Å². The summed E-state index contributed by atoms with van der Waals surface area (Å²) < 4.78 is 5.60. The van der Waals surface area contributed by atoms with Crippen molar-refractivity contribution in [2.75, 3.05) is 38.2 Å². The Morgan fingerprint density at radius 2 is 1.86 bits per heavy atom. The van der Waals surface area contributed by atoms with E-state index >= 15 is 0 Å². The van der Waals surface area contributed by atoms with Gasteiger partial charge in [-0.1, -0.05) is 18.2 Å². The average Bonchev–Trinajstić information content (AvgIpc) is 3.19. The summed E-state index contributed by atoms with van der Waals surface area (Å²) in [6.45, 7) is 4.89. The second-order valence-corrected chi connectivity index (χ2v) is 9.02. The van der Waals surface area contributed by atoms with Crippen molar-refractivity contribution in [1.82, 2.24) is 9.88 Å². The van der Waals surface area contributed by atoms with Gasteiger partial charge in [-0.25, -0.2) is 0 Å². The number of nitrogens with zero attached hydrogens (tertiary/aromatic N) is 3. The number of rotatable bonds is 4. The van der Waals surface area contributed by atoms with Crippen LogP contribution in [0.1, 0.15) is 43.6 Å². The van der Waals surface area contributed by atoms with Crippen LogP contribution in [0.15, 0.2) is 48.8 Å². The minimum Gasteiger partial charge on any atom is -0.496 e. The first-order chi connectivity index (χ1) is 13.8. The summed E-state index contributed by atoms with van der Waals surface area (Å²) in [5, 5.41) is 0. The van der Waals surface area contributed by atoms with Crippen LogP contribution in [0, 0.1) is 5.41 Å². The molecule has 3 aliphatic rings. The number of benzene rings is 1. The number of hydrogen-bond acceptors (Lipinski definition) is 4. The maximum Gasteiger partial charge on any atom is 0.122 e. The number of pyridine rings is 1. The van der Waals surface area contributed by atoms with Gasteiger partial charge in [0.15, 0.2) is 0 Å². The molecule has 0 N–H and O–H groups in total.